The number of nitrogens with zero attached hydrogens (tertiary/aromatic N) is 5. The van der Waals surface area contributed by atoms with Crippen LogP contribution in [0.25, 0.3) is 89.4 Å². The van der Waals surface area contributed by atoms with Crippen molar-refractivity contribution in [2.24, 2.45) is 0 Å². The van der Waals surface area contributed by atoms with E-state index in [2.05, 4.69) is 134 Å². The van der Waals surface area contributed by atoms with Crippen molar-refractivity contribution in [1.82, 2.24) is 19.9 Å². The Morgan fingerprint density at radius 2 is 1.02 bits per heavy atom. The second-order valence-electron chi connectivity index (χ2n) is 15.0. The molecule has 0 spiro atoms. The molecule has 0 fully saturated rings. The molecular weight excluding hydrogens is 695 g/mol. The second kappa shape index (κ2) is 13.6. The van der Waals surface area contributed by atoms with Gasteiger partial charge in [0.25, 0.3) is 0 Å². The molecule has 0 saturated heterocycles. The van der Waals surface area contributed by atoms with Gasteiger partial charge in [-0.25, -0.2) is 15.0 Å². The maximum atomic E-state index is 9.88. The molecule has 0 saturated carbocycles. The van der Waals surface area contributed by atoms with Crippen LogP contribution in [0, 0.1) is 11.3 Å². The predicted octanol–water partition coefficient (Wildman–Crippen LogP) is 12.6. The van der Waals surface area contributed by atoms with Crippen molar-refractivity contribution in [3.05, 3.63) is 193 Å². The first kappa shape index (κ1) is 34.0. The van der Waals surface area contributed by atoms with Gasteiger partial charge in [-0.2, -0.15) is 5.26 Å². The number of hydrogen-bond acceptors (Lipinski definition) is 5. The van der Waals surface area contributed by atoms with Gasteiger partial charge in [0, 0.05) is 45.4 Å². The highest BCUT2D eigenvalue weighted by molar-refractivity contribution is 6.04. The van der Waals surface area contributed by atoms with Crippen LogP contribution in [0.2, 0.25) is 0 Å². The van der Waals surface area contributed by atoms with E-state index in [9.17, 15) is 5.26 Å². The first-order valence-electron chi connectivity index (χ1n) is 19.1. The number of pyridine rings is 1. The Kier molecular flexibility index (Phi) is 8.13. The Morgan fingerprint density at radius 1 is 0.439 bits per heavy atom. The summed E-state index contributed by atoms with van der Waals surface area (Å²) in [5.74, 6) is 1.81. The minimum Gasteiger partial charge on any atom is -0.264 e. The lowest BCUT2D eigenvalue weighted by Gasteiger charge is -2.22. The quantitative estimate of drug-likeness (QED) is 0.170. The lowest BCUT2D eigenvalue weighted by molar-refractivity contribution is 0.661. The fourth-order valence-corrected chi connectivity index (χ4v) is 8.29. The molecule has 0 aliphatic heterocycles. The zero-order chi connectivity index (χ0) is 38.5. The van der Waals surface area contributed by atoms with Crippen LogP contribution in [0.4, 0.5) is 0 Å². The normalized spacial score (nSPS) is 12.5. The summed E-state index contributed by atoms with van der Waals surface area (Å²) in [6.45, 7) is 4.59. The summed E-state index contributed by atoms with van der Waals surface area (Å²) in [5, 5.41) is 12.0. The number of nitriles is 1. The first-order chi connectivity index (χ1) is 27.9. The van der Waals surface area contributed by atoms with Crippen molar-refractivity contribution in [3.8, 4) is 84.7 Å². The third-order valence-corrected chi connectivity index (χ3v) is 11.3. The summed E-state index contributed by atoms with van der Waals surface area (Å²) >= 11 is 0. The van der Waals surface area contributed by atoms with Gasteiger partial charge in [0.2, 0.25) is 0 Å². The minimum atomic E-state index is -0.245. The zero-order valence-corrected chi connectivity index (χ0v) is 31.5. The maximum absolute atomic E-state index is 9.88. The van der Waals surface area contributed by atoms with E-state index in [1.165, 1.54) is 22.3 Å². The van der Waals surface area contributed by atoms with Gasteiger partial charge in [-0.1, -0.05) is 141 Å². The molecular formula is C52H35N5. The maximum Gasteiger partial charge on any atom is 0.164 e. The summed E-state index contributed by atoms with van der Waals surface area (Å²) in [6, 6.07) is 59.0. The Hall–Kier alpha value is -7.55. The molecule has 5 heteroatoms. The Balaban J connectivity index is 1.14. The van der Waals surface area contributed by atoms with E-state index in [0.717, 1.165) is 60.8 Å². The number of rotatable bonds is 6. The Labute approximate surface area is 331 Å². The van der Waals surface area contributed by atoms with Crippen LogP contribution in [0.3, 0.4) is 0 Å². The van der Waals surface area contributed by atoms with Crippen molar-refractivity contribution in [1.29, 1.82) is 5.26 Å². The lowest BCUT2D eigenvalue weighted by atomic mass is 9.81. The summed E-state index contributed by atoms with van der Waals surface area (Å²) < 4.78 is 0. The SMILES string of the molecule is CC1(C)c2cc(-c3cc(-c4cccnc4)cc(-c4nc(-c5ccccc5)nc(-c5ccc(-c6ccccc6)cc5)n4)c3)ccc2-c2c1ccc1c(C#N)cccc21. The third kappa shape index (κ3) is 5.96. The average Bonchev–Trinajstić information content (AvgIpc) is 3.52. The van der Waals surface area contributed by atoms with E-state index >= 15 is 0 Å². The monoisotopic (exact) mass is 729 g/mol. The summed E-state index contributed by atoms with van der Waals surface area (Å²) in [5.41, 5.74) is 14.6. The molecule has 2 heterocycles. The van der Waals surface area contributed by atoms with Gasteiger partial charge in [0.1, 0.15) is 0 Å². The summed E-state index contributed by atoms with van der Waals surface area (Å²) in [7, 11) is 0. The molecule has 2 aromatic heterocycles. The first-order valence-corrected chi connectivity index (χ1v) is 19.1. The van der Waals surface area contributed by atoms with Crippen LogP contribution < -0.4 is 0 Å². The largest absolute Gasteiger partial charge is 0.264 e. The van der Waals surface area contributed by atoms with Crippen molar-refractivity contribution in [2.75, 3.05) is 0 Å². The molecule has 7 aromatic carbocycles. The summed E-state index contributed by atoms with van der Waals surface area (Å²) in [6.07, 6.45) is 3.69. The molecule has 0 N–H and O–H groups in total. The zero-order valence-electron chi connectivity index (χ0n) is 31.5. The van der Waals surface area contributed by atoms with Crippen molar-refractivity contribution in [2.45, 2.75) is 19.3 Å². The number of hydrogen-bond donors (Lipinski definition) is 0. The molecule has 0 amide bonds. The molecule has 5 nitrogen and oxygen atoms in total. The van der Waals surface area contributed by atoms with Gasteiger partial charge in [-0.15, -0.1) is 0 Å². The molecule has 0 bridgehead atoms. The highest BCUT2D eigenvalue weighted by Gasteiger charge is 2.37. The van der Waals surface area contributed by atoms with Crippen molar-refractivity contribution < 1.29 is 0 Å². The van der Waals surface area contributed by atoms with E-state index in [1.807, 2.05) is 60.8 Å². The molecule has 9 aromatic rings. The van der Waals surface area contributed by atoms with E-state index in [4.69, 9.17) is 15.0 Å². The molecule has 1 aliphatic rings. The van der Waals surface area contributed by atoms with Gasteiger partial charge in [0.05, 0.1) is 11.6 Å². The van der Waals surface area contributed by atoms with E-state index in [-0.39, 0.29) is 5.41 Å². The third-order valence-electron chi connectivity index (χ3n) is 11.3. The molecule has 0 unspecified atom stereocenters. The predicted molar refractivity (Wildman–Crippen MR) is 230 cm³/mol. The second-order valence-corrected chi connectivity index (χ2v) is 15.0. The standard InChI is InChI=1S/C52H35N5/c1-52(2)46-25-24-43-38(31-53)15-9-17-44(43)48(46)45-23-22-37(30-47(45)52)40-27-41(39-16-10-26-54-32-39)29-42(28-40)51-56-49(35-13-7-4-8-14-35)55-50(57-51)36-20-18-34(19-21-36)33-11-5-3-6-12-33/h3-30,32H,1-2H3. The molecule has 57 heavy (non-hydrogen) atoms. The highest BCUT2D eigenvalue weighted by Crippen LogP contribution is 2.52. The number of aromatic nitrogens is 4. The summed E-state index contributed by atoms with van der Waals surface area (Å²) in [4.78, 5) is 19.8. The van der Waals surface area contributed by atoms with E-state index in [0.29, 0.717) is 23.0 Å². The van der Waals surface area contributed by atoms with Gasteiger partial charge < -0.3 is 0 Å². The Morgan fingerprint density at radius 3 is 1.70 bits per heavy atom. The fraction of sp³-hybridized carbons (Fsp3) is 0.0577. The average molecular weight is 730 g/mol. The highest BCUT2D eigenvalue weighted by atomic mass is 15.0. The number of fused-ring (bicyclic) bond motifs is 5. The van der Waals surface area contributed by atoms with Gasteiger partial charge in [0.15, 0.2) is 17.5 Å². The molecule has 0 atom stereocenters. The van der Waals surface area contributed by atoms with E-state index < -0.39 is 0 Å². The molecule has 268 valence electrons. The molecule has 0 radical (unpaired) electrons. The Bertz CT molecular complexity index is 3020. The van der Waals surface area contributed by atoms with Crippen LogP contribution in [-0.2, 0) is 5.41 Å². The topological polar surface area (TPSA) is 75.3 Å². The smallest absolute Gasteiger partial charge is 0.164 e. The molecule has 10 rings (SSSR count). The van der Waals surface area contributed by atoms with Crippen LogP contribution in [0.5, 0.6) is 0 Å². The van der Waals surface area contributed by atoms with E-state index in [1.54, 1.807) is 6.20 Å². The minimum absolute atomic E-state index is 0.245. The van der Waals surface area contributed by atoms with Crippen molar-refractivity contribution >= 4 is 10.8 Å². The van der Waals surface area contributed by atoms with Crippen LogP contribution in [0.15, 0.2) is 176 Å². The lowest BCUT2D eigenvalue weighted by Crippen LogP contribution is -2.15. The van der Waals surface area contributed by atoms with Gasteiger partial charge in [-0.05, 0) is 91.9 Å². The van der Waals surface area contributed by atoms with Crippen molar-refractivity contribution in [3.63, 3.8) is 0 Å². The van der Waals surface area contributed by atoms with Crippen LogP contribution >= 0.6 is 0 Å². The van der Waals surface area contributed by atoms with Crippen LogP contribution in [-0.4, -0.2) is 19.9 Å². The van der Waals surface area contributed by atoms with Gasteiger partial charge >= 0.3 is 0 Å². The van der Waals surface area contributed by atoms with Crippen LogP contribution in [0.1, 0.15) is 30.5 Å². The fourth-order valence-electron chi connectivity index (χ4n) is 8.29. The number of benzene rings is 7. The molecule has 1 aliphatic carbocycles. The van der Waals surface area contributed by atoms with Gasteiger partial charge in [-0.3, -0.25) is 4.98 Å².